The fraction of sp³-hybridized carbons (Fsp3) is 0.344. The van der Waals surface area contributed by atoms with E-state index in [9.17, 15) is 10.2 Å². The van der Waals surface area contributed by atoms with Crippen molar-refractivity contribution in [3.05, 3.63) is 100 Å². The molecule has 36 heavy (non-hydrogen) atoms. The van der Waals surface area contributed by atoms with Gasteiger partial charge in [0.05, 0.1) is 17.7 Å². The molecule has 2 N–H and O–H groups in total. The molecule has 0 amide bonds. The molecule has 0 bridgehead atoms. The molecule has 0 aliphatic heterocycles. The molecule has 0 saturated carbocycles. The fourth-order valence-electron chi connectivity index (χ4n) is 5.35. The zero-order chi connectivity index (χ0) is 25.1. The summed E-state index contributed by atoms with van der Waals surface area (Å²) in [4.78, 5) is 5.02. The number of hydrogen-bond acceptors (Lipinski definition) is 3. The first-order chi connectivity index (χ1) is 16.8. The van der Waals surface area contributed by atoms with Crippen LogP contribution in [0.15, 0.2) is 60.7 Å². The summed E-state index contributed by atoms with van der Waals surface area (Å²) >= 11 is 0. The number of rotatable bonds is 4. The minimum absolute atomic E-state index is 0. The quantitative estimate of drug-likeness (QED) is 0.246. The molecule has 4 aromatic rings. The van der Waals surface area contributed by atoms with Crippen LogP contribution in [0.2, 0.25) is 0 Å². The minimum Gasteiger partial charge on any atom is -0.393 e. The van der Waals surface area contributed by atoms with E-state index < -0.39 is 12.2 Å². The number of fused-ring (bicyclic) bond motifs is 4. The van der Waals surface area contributed by atoms with Crippen LogP contribution in [0, 0.1) is 19.9 Å². The molecule has 1 aliphatic rings. The van der Waals surface area contributed by atoms with Crippen molar-refractivity contribution in [1.82, 2.24) is 4.98 Å². The van der Waals surface area contributed by atoms with Crippen molar-refractivity contribution in [2.75, 3.05) is 0 Å². The molecule has 1 aliphatic carbocycles. The number of aliphatic hydroxyl groups excluding tert-OH is 2. The van der Waals surface area contributed by atoms with Crippen LogP contribution >= 0.6 is 0 Å². The molecule has 3 nitrogen and oxygen atoms in total. The first-order valence-corrected chi connectivity index (χ1v) is 12.7. The Morgan fingerprint density at radius 2 is 1.61 bits per heavy atom. The van der Waals surface area contributed by atoms with E-state index in [4.69, 9.17) is 4.98 Å². The van der Waals surface area contributed by atoms with E-state index >= 15 is 0 Å². The zero-order valence-electron chi connectivity index (χ0n) is 21.8. The van der Waals surface area contributed by atoms with E-state index in [1.54, 1.807) is 13.8 Å². The van der Waals surface area contributed by atoms with Crippen molar-refractivity contribution in [1.29, 1.82) is 0 Å². The third-order valence-electron chi connectivity index (χ3n) is 7.05. The van der Waals surface area contributed by atoms with Gasteiger partial charge in [0, 0.05) is 31.4 Å². The Hall–Kier alpha value is -2.36. The largest absolute Gasteiger partial charge is 0.393 e. The Balaban J connectivity index is 0.000000223. The number of nitrogens with zero attached hydrogens (tertiary/aromatic N) is 1. The second-order valence-electron chi connectivity index (χ2n) is 9.74. The van der Waals surface area contributed by atoms with Gasteiger partial charge in [-0.15, -0.1) is 34.4 Å². The molecule has 2 unspecified atom stereocenters. The average molecular weight is 659 g/mol. The van der Waals surface area contributed by atoms with Gasteiger partial charge in [-0.2, -0.15) is 0 Å². The molecule has 1 aromatic heterocycles. The van der Waals surface area contributed by atoms with Crippen LogP contribution in [-0.2, 0) is 39.4 Å². The van der Waals surface area contributed by atoms with Gasteiger partial charge in [-0.3, -0.25) is 4.98 Å². The predicted molar refractivity (Wildman–Crippen MR) is 145 cm³/mol. The smallest absolute Gasteiger partial charge is 0.0605 e. The molecule has 0 spiro atoms. The van der Waals surface area contributed by atoms with Gasteiger partial charge in [0.25, 0.3) is 0 Å². The summed E-state index contributed by atoms with van der Waals surface area (Å²) in [6.45, 7) is 9.94. The molecule has 4 heteroatoms. The van der Waals surface area contributed by atoms with Crippen LogP contribution in [-0.4, -0.2) is 27.4 Å². The van der Waals surface area contributed by atoms with Crippen LogP contribution < -0.4 is 0 Å². The molecule has 191 valence electrons. The van der Waals surface area contributed by atoms with Gasteiger partial charge in [0.15, 0.2) is 0 Å². The molecular weight excluding hydrogens is 623 g/mol. The maximum Gasteiger partial charge on any atom is 0.0605 e. The SMILES string of the molecule is CC(O)C(c1ccccc1)C(C)O.CCc1cccc2nc3c(cc12)CCc1c-3[c-]c(C)cc1C.[Ir]. The number of hydrogen-bond donors (Lipinski definition) is 2. The Bertz CT molecular complexity index is 1310. The third-order valence-corrected chi connectivity index (χ3v) is 7.05. The van der Waals surface area contributed by atoms with E-state index in [1.807, 2.05) is 30.3 Å². The summed E-state index contributed by atoms with van der Waals surface area (Å²) in [6.07, 6.45) is 2.19. The summed E-state index contributed by atoms with van der Waals surface area (Å²) in [7, 11) is 0. The predicted octanol–water partition coefficient (Wildman–Crippen LogP) is 6.51. The zero-order valence-corrected chi connectivity index (χ0v) is 24.2. The van der Waals surface area contributed by atoms with Gasteiger partial charge < -0.3 is 10.2 Å². The van der Waals surface area contributed by atoms with Crippen molar-refractivity contribution in [3.8, 4) is 11.3 Å². The summed E-state index contributed by atoms with van der Waals surface area (Å²) in [6, 6.07) is 24.2. The van der Waals surface area contributed by atoms with Crippen molar-refractivity contribution in [3.63, 3.8) is 0 Å². The third kappa shape index (κ3) is 5.95. The van der Waals surface area contributed by atoms with Gasteiger partial charge in [0.2, 0.25) is 0 Å². The topological polar surface area (TPSA) is 53.4 Å². The van der Waals surface area contributed by atoms with E-state index in [1.165, 1.54) is 38.8 Å². The monoisotopic (exact) mass is 659 g/mol. The summed E-state index contributed by atoms with van der Waals surface area (Å²) in [5.41, 5.74) is 11.2. The van der Waals surface area contributed by atoms with Crippen LogP contribution in [0.5, 0.6) is 0 Å². The van der Waals surface area contributed by atoms with Crippen molar-refractivity contribution in [2.24, 2.45) is 0 Å². The normalized spacial score (nSPS) is 14.4. The average Bonchev–Trinajstić information content (AvgIpc) is 2.83. The van der Waals surface area contributed by atoms with Crippen LogP contribution in [0.3, 0.4) is 0 Å². The molecule has 3 aromatic carbocycles. The van der Waals surface area contributed by atoms with Gasteiger partial charge in [-0.05, 0) is 49.6 Å². The number of aliphatic hydroxyl groups is 2. The Kier molecular flexibility index (Phi) is 9.60. The second-order valence-corrected chi connectivity index (χ2v) is 9.74. The minimum atomic E-state index is -0.526. The van der Waals surface area contributed by atoms with Crippen LogP contribution in [0.25, 0.3) is 22.2 Å². The fourth-order valence-corrected chi connectivity index (χ4v) is 5.35. The van der Waals surface area contributed by atoms with Crippen molar-refractivity contribution >= 4 is 10.9 Å². The van der Waals surface area contributed by atoms with E-state index in [2.05, 4.69) is 57.2 Å². The van der Waals surface area contributed by atoms with Gasteiger partial charge in [0.1, 0.15) is 0 Å². The van der Waals surface area contributed by atoms with Crippen LogP contribution in [0.1, 0.15) is 60.1 Å². The molecule has 1 heterocycles. The second kappa shape index (κ2) is 12.3. The molecule has 1 radical (unpaired) electrons. The summed E-state index contributed by atoms with van der Waals surface area (Å²) in [5.74, 6) is -0.193. The van der Waals surface area contributed by atoms with Gasteiger partial charge in [-0.25, -0.2) is 0 Å². The molecule has 0 fully saturated rings. The van der Waals surface area contributed by atoms with Gasteiger partial charge in [-0.1, -0.05) is 81.3 Å². The maximum atomic E-state index is 9.48. The first-order valence-electron chi connectivity index (χ1n) is 12.7. The Labute approximate surface area is 229 Å². The van der Waals surface area contributed by atoms with Crippen molar-refractivity contribution < 1.29 is 30.3 Å². The standard InChI is InChI=1S/C21H20N.C11H16O2.Ir/c1-4-15-6-5-7-20-18(15)12-16-8-9-17-14(3)10-13(2)11-19(17)21(16)22-20;1-8(12)11(9(2)13)10-6-4-3-5-7-10;/h5-7,10,12H,4,8-9H2,1-3H3;3-9,11-13H,1-2H3;/q-1;;. The van der Waals surface area contributed by atoms with E-state index in [-0.39, 0.29) is 26.0 Å². The number of aromatic nitrogens is 1. The molecule has 0 saturated heterocycles. The molecule has 2 atom stereocenters. The Morgan fingerprint density at radius 1 is 0.917 bits per heavy atom. The number of benzene rings is 3. The summed E-state index contributed by atoms with van der Waals surface area (Å²) in [5, 5.41) is 20.3. The maximum absolute atomic E-state index is 9.48. The Morgan fingerprint density at radius 3 is 2.25 bits per heavy atom. The number of pyridine rings is 1. The first kappa shape index (κ1) is 28.2. The number of aryl methyl sites for hydroxylation is 4. The van der Waals surface area contributed by atoms with E-state index in [0.717, 1.165) is 36.0 Å². The molecular formula is C32H36IrNO2-. The molecule has 5 rings (SSSR count). The van der Waals surface area contributed by atoms with E-state index in [0.29, 0.717) is 0 Å². The summed E-state index contributed by atoms with van der Waals surface area (Å²) < 4.78 is 0. The van der Waals surface area contributed by atoms with Crippen LogP contribution in [0.4, 0.5) is 0 Å². The van der Waals surface area contributed by atoms with Crippen molar-refractivity contribution in [2.45, 2.75) is 72.0 Å². The van der Waals surface area contributed by atoms with Gasteiger partial charge >= 0.3 is 0 Å².